The van der Waals surface area contributed by atoms with Crippen molar-refractivity contribution in [2.24, 2.45) is 0 Å². The van der Waals surface area contributed by atoms with E-state index in [1.165, 1.54) is 27.8 Å². The molecule has 5 heterocycles. The van der Waals surface area contributed by atoms with Crippen LogP contribution in [0, 0.1) is 0 Å². The monoisotopic (exact) mass is 664 g/mol. The molecule has 49 heavy (non-hydrogen) atoms. The summed E-state index contributed by atoms with van der Waals surface area (Å²) in [6.45, 7) is 5.07. The third-order valence-electron chi connectivity index (χ3n) is 10.7. The molecule has 0 aliphatic carbocycles. The van der Waals surface area contributed by atoms with E-state index in [-0.39, 0.29) is 12.1 Å². The Labute approximate surface area is 288 Å². The lowest BCUT2D eigenvalue weighted by Crippen LogP contribution is -2.40. The maximum Gasteiger partial charge on any atom is 0.208 e. The summed E-state index contributed by atoms with van der Waals surface area (Å²) in [6, 6.07) is 17.2. The molecule has 9 rings (SSSR count). The van der Waals surface area contributed by atoms with Gasteiger partial charge in [0.15, 0.2) is 34.5 Å². The van der Waals surface area contributed by atoms with Gasteiger partial charge in [0.1, 0.15) is 5.75 Å². The van der Waals surface area contributed by atoms with E-state index in [4.69, 9.17) is 33.2 Å². The minimum absolute atomic E-state index is 0.00724. The predicted octanol–water partition coefficient (Wildman–Crippen LogP) is 7.44. The molecule has 0 fully saturated rings. The van der Waals surface area contributed by atoms with Crippen molar-refractivity contribution in [3.8, 4) is 51.7 Å². The summed E-state index contributed by atoms with van der Waals surface area (Å²) in [4.78, 5) is 4.95. The smallest absolute Gasteiger partial charge is 0.208 e. The largest absolute Gasteiger partial charge is 0.493 e. The van der Waals surface area contributed by atoms with Crippen LogP contribution < -0.4 is 33.2 Å². The van der Waals surface area contributed by atoms with E-state index in [1.807, 2.05) is 6.92 Å². The van der Waals surface area contributed by atoms with Gasteiger partial charge in [-0.25, -0.2) is 0 Å². The number of fused-ring (bicyclic) bond motifs is 2. The molecule has 5 aliphatic heterocycles. The molecule has 4 aromatic carbocycles. The lowest BCUT2D eigenvalue weighted by atomic mass is 9.82. The summed E-state index contributed by atoms with van der Waals surface area (Å²) in [5.74, 6) is 5.97. The third kappa shape index (κ3) is 5.31. The van der Waals surface area contributed by atoms with Crippen LogP contribution in [0.1, 0.15) is 58.0 Å². The van der Waals surface area contributed by atoms with E-state index in [0.717, 1.165) is 73.7 Å². The lowest BCUT2D eigenvalue weighted by Gasteiger charge is -2.43. The van der Waals surface area contributed by atoms with Crippen LogP contribution in [0.3, 0.4) is 0 Å². The molecule has 0 amide bonds. The van der Waals surface area contributed by atoms with Crippen LogP contribution in [0.5, 0.6) is 51.7 Å². The zero-order chi connectivity index (χ0) is 33.8. The summed E-state index contributed by atoms with van der Waals surface area (Å²) in [6.07, 6.45) is 3.28. The van der Waals surface area contributed by atoms with Gasteiger partial charge in [-0.15, -0.1) is 0 Å². The van der Waals surface area contributed by atoms with Crippen molar-refractivity contribution in [3.05, 3.63) is 87.5 Å². The van der Waals surface area contributed by atoms with Crippen LogP contribution in [0.4, 0.5) is 0 Å². The van der Waals surface area contributed by atoms with E-state index >= 15 is 0 Å². The van der Waals surface area contributed by atoms with Crippen LogP contribution >= 0.6 is 0 Å². The topological polar surface area (TPSA) is 71.1 Å². The molecule has 5 aliphatic rings. The van der Waals surface area contributed by atoms with Gasteiger partial charge in [0.2, 0.25) is 11.5 Å². The molecular formula is C40H44N2O7. The molecule has 0 saturated carbocycles. The highest BCUT2D eigenvalue weighted by atomic mass is 16.6. The standard InChI is InChI=1S/C40H44N2O7/c1-7-47-37-28-13-15-42-22-26-20-33(44-4)34-19-25(26)17-31(42)36(28)38(40(46-6)39(37)45-5)49-35-21-29-24(18-32(35)43-3)12-14-41(2)30(29)16-23-8-10-27(48-34)11-9-23/h8-11,18-21,30-31H,7,12-17,22H2,1-6H3/t30-,31-/m0/s1. The van der Waals surface area contributed by atoms with Crippen molar-refractivity contribution < 1.29 is 33.2 Å². The molecule has 9 nitrogen and oxygen atoms in total. The van der Waals surface area contributed by atoms with Crippen LogP contribution in [0.25, 0.3) is 0 Å². The van der Waals surface area contributed by atoms with E-state index in [0.29, 0.717) is 41.1 Å². The fourth-order valence-electron chi connectivity index (χ4n) is 8.25. The SMILES string of the molecule is CCOc1c2c3c(c(OC)c1OC)Oc1cc4c(cc1OC)CCN(C)[C@H]4Cc1ccc(cc1)Oc1cc4c(cc1OC)CN(CC2)[C@H]3C4. The molecule has 256 valence electrons. The van der Waals surface area contributed by atoms with Gasteiger partial charge in [0.05, 0.1) is 35.0 Å². The first-order chi connectivity index (χ1) is 23.9. The molecule has 7 bridgehead atoms. The number of rotatable bonds is 6. The Bertz CT molecular complexity index is 1910. The first kappa shape index (κ1) is 31.7. The molecule has 0 N–H and O–H groups in total. The summed E-state index contributed by atoms with van der Waals surface area (Å²) in [7, 11) is 8.94. The molecule has 0 unspecified atom stereocenters. The van der Waals surface area contributed by atoms with Crippen molar-refractivity contribution in [3.63, 3.8) is 0 Å². The van der Waals surface area contributed by atoms with Crippen molar-refractivity contribution in [2.75, 3.05) is 55.2 Å². The molecule has 2 atom stereocenters. The molecule has 0 radical (unpaired) electrons. The summed E-state index contributed by atoms with van der Waals surface area (Å²) in [5.41, 5.74) is 8.32. The molecular weight excluding hydrogens is 620 g/mol. The van der Waals surface area contributed by atoms with Gasteiger partial charge in [-0.3, -0.25) is 9.80 Å². The Morgan fingerprint density at radius 3 is 2.16 bits per heavy atom. The zero-order valence-corrected chi connectivity index (χ0v) is 29.2. The molecule has 0 saturated heterocycles. The highest BCUT2D eigenvalue weighted by Gasteiger charge is 2.41. The highest BCUT2D eigenvalue weighted by molar-refractivity contribution is 5.70. The Kier molecular flexibility index (Phi) is 8.20. The van der Waals surface area contributed by atoms with Gasteiger partial charge in [-0.1, -0.05) is 12.1 Å². The summed E-state index contributed by atoms with van der Waals surface area (Å²) >= 11 is 0. The minimum atomic E-state index is -0.00724. The van der Waals surface area contributed by atoms with Crippen LogP contribution in [0.2, 0.25) is 0 Å². The van der Waals surface area contributed by atoms with Gasteiger partial charge in [0.25, 0.3) is 0 Å². The Balaban J connectivity index is 1.39. The number of ether oxygens (including phenoxy) is 7. The van der Waals surface area contributed by atoms with E-state index in [1.54, 1.807) is 28.4 Å². The van der Waals surface area contributed by atoms with Crippen molar-refractivity contribution in [2.45, 2.75) is 51.2 Å². The van der Waals surface area contributed by atoms with Gasteiger partial charge in [0, 0.05) is 42.8 Å². The Morgan fingerprint density at radius 1 is 0.714 bits per heavy atom. The first-order valence-electron chi connectivity index (χ1n) is 17.2. The average molecular weight is 665 g/mol. The number of benzene rings is 4. The number of hydrogen-bond donors (Lipinski definition) is 0. The highest BCUT2D eigenvalue weighted by Crippen LogP contribution is 2.57. The second-order valence-corrected chi connectivity index (χ2v) is 13.3. The summed E-state index contributed by atoms with van der Waals surface area (Å²) in [5, 5.41) is 0. The van der Waals surface area contributed by atoms with E-state index in [2.05, 4.69) is 65.4 Å². The normalized spacial score (nSPS) is 19.3. The van der Waals surface area contributed by atoms with Gasteiger partial charge in [-0.05, 0) is 104 Å². The Morgan fingerprint density at radius 2 is 1.45 bits per heavy atom. The second-order valence-electron chi connectivity index (χ2n) is 13.3. The number of likely N-dealkylation sites (N-methyl/N-ethyl adjacent to an activating group) is 1. The maximum absolute atomic E-state index is 7.13. The fraction of sp³-hybridized carbons (Fsp3) is 0.400. The van der Waals surface area contributed by atoms with Gasteiger partial charge < -0.3 is 33.2 Å². The van der Waals surface area contributed by atoms with Gasteiger partial charge in [-0.2, -0.15) is 0 Å². The average Bonchev–Trinajstić information content (AvgIpc) is 3.12. The van der Waals surface area contributed by atoms with Crippen molar-refractivity contribution in [1.82, 2.24) is 9.80 Å². The molecule has 9 heteroatoms. The second kappa shape index (κ2) is 12.7. The Hall–Kier alpha value is -4.60. The predicted molar refractivity (Wildman–Crippen MR) is 187 cm³/mol. The first-order valence-corrected chi connectivity index (χ1v) is 17.2. The fourth-order valence-corrected chi connectivity index (χ4v) is 8.25. The number of hydrogen-bond acceptors (Lipinski definition) is 9. The molecule has 4 aromatic rings. The quantitative estimate of drug-likeness (QED) is 0.209. The van der Waals surface area contributed by atoms with Crippen LogP contribution in [-0.4, -0.2) is 65.0 Å². The number of nitrogens with zero attached hydrogens (tertiary/aromatic N) is 2. The number of methoxy groups -OCH3 is 4. The lowest BCUT2D eigenvalue weighted by molar-refractivity contribution is 0.153. The summed E-state index contributed by atoms with van der Waals surface area (Å²) < 4.78 is 44.1. The minimum Gasteiger partial charge on any atom is -0.493 e. The van der Waals surface area contributed by atoms with E-state index < -0.39 is 0 Å². The molecule has 0 aromatic heterocycles. The van der Waals surface area contributed by atoms with Crippen molar-refractivity contribution in [1.29, 1.82) is 0 Å². The molecule has 0 spiro atoms. The van der Waals surface area contributed by atoms with Crippen molar-refractivity contribution >= 4 is 0 Å². The maximum atomic E-state index is 7.13. The third-order valence-corrected chi connectivity index (χ3v) is 10.7. The van der Waals surface area contributed by atoms with Gasteiger partial charge >= 0.3 is 0 Å². The zero-order valence-electron chi connectivity index (χ0n) is 29.2. The van der Waals surface area contributed by atoms with Crippen LogP contribution in [0.15, 0.2) is 48.5 Å². The van der Waals surface area contributed by atoms with E-state index in [9.17, 15) is 0 Å². The van der Waals surface area contributed by atoms with Crippen LogP contribution in [-0.2, 0) is 32.2 Å².